The van der Waals surface area contributed by atoms with Gasteiger partial charge in [0.25, 0.3) is 0 Å². The first-order valence-corrected chi connectivity index (χ1v) is 6.95. The van der Waals surface area contributed by atoms with E-state index in [2.05, 4.69) is 10.6 Å². The Balaban J connectivity index is 1.84. The molecule has 0 aromatic carbocycles. The first-order chi connectivity index (χ1) is 9.83. The number of carboxylic acids is 1. The Hall–Kier alpha value is -1.83. The van der Waals surface area contributed by atoms with E-state index in [-0.39, 0.29) is 31.7 Å². The van der Waals surface area contributed by atoms with E-state index in [0.717, 1.165) is 12.8 Å². The molecule has 118 valence electrons. The van der Waals surface area contributed by atoms with Crippen molar-refractivity contribution in [3.63, 3.8) is 0 Å². The lowest BCUT2D eigenvalue weighted by molar-refractivity contribution is -0.148. The number of hydrogen-bond donors (Lipinski definition) is 3. The molecule has 0 aromatic heterocycles. The van der Waals surface area contributed by atoms with E-state index < -0.39 is 23.5 Å². The minimum absolute atomic E-state index is 0.0547. The molecular weight excluding hydrogens is 278 g/mol. The quantitative estimate of drug-likeness (QED) is 0.628. The summed E-state index contributed by atoms with van der Waals surface area (Å²) in [7, 11) is 1.50. The number of carbonyl (C=O) groups excluding carboxylic acids is 2. The van der Waals surface area contributed by atoms with Crippen LogP contribution in [0, 0.1) is 5.41 Å². The van der Waals surface area contributed by atoms with Gasteiger partial charge in [-0.1, -0.05) is 0 Å². The standard InChI is InChI=1S/C13H21N3O5/c1-13(11(18)19)7-21-6-9(13)15-12(20)16(2)5-10(17)14-8-3-4-8/h8-9H,3-7H2,1-2H3,(H,14,17)(H,15,20)(H,18,19). The largest absolute Gasteiger partial charge is 0.481 e. The molecule has 1 saturated carbocycles. The summed E-state index contributed by atoms with van der Waals surface area (Å²) in [5, 5.41) is 14.7. The van der Waals surface area contributed by atoms with Crippen LogP contribution >= 0.6 is 0 Å². The van der Waals surface area contributed by atoms with Gasteiger partial charge in [-0.3, -0.25) is 9.59 Å². The van der Waals surface area contributed by atoms with Crippen molar-refractivity contribution >= 4 is 17.9 Å². The summed E-state index contributed by atoms with van der Waals surface area (Å²) >= 11 is 0. The number of carboxylic acid groups (broad SMARTS) is 1. The molecule has 2 atom stereocenters. The van der Waals surface area contributed by atoms with E-state index in [4.69, 9.17) is 4.74 Å². The minimum atomic E-state index is -1.15. The number of nitrogens with zero attached hydrogens (tertiary/aromatic N) is 1. The first-order valence-electron chi connectivity index (χ1n) is 6.95. The van der Waals surface area contributed by atoms with E-state index in [0.29, 0.717) is 0 Å². The topological polar surface area (TPSA) is 108 Å². The summed E-state index contributed by atoms with van der Waals surface area (Å²) in [6, 6.07) is -0.854. The average molecular weight is 299 g/mol. The number of likely N-dealkylation sites (N-methyl/N-ethyl adjacent to an activating group) is 1. The monoisotopic (exact) mass is 299 g/mol. The van der Waals surface area contributed by atoms with Crippen molar-refractivity contribution in [2.24, 2.45) is 5.41 Å². The number of amides is 3. The van der Waals surface area contributed by atoms with E-state index in [9.17, 15) is 19.5 Å². The fourth-order valence-corrected chi connectivity index (χ4v) is 2.13. The van der Waals surface area contributed by atoms with Crippen LogP contribution in [0.5, 0.6) is 0 Å². The Morgan fingerprint density at radius 1 is 1.33 bits per heavy atom. The van der Waals surface area contributed by atoms with Gasteiger partial charge in [0.05, 0.1) is 19.3 Å². The molecule has 2 aliphatic rings. The number of ether oxygens (including phenoxy) is 1. The Labute approximate surface area is 122 Å². The third-order valence-electron chi connectivity index (χ3n) is 3.91. The smallest absolute Gasteiger partial charge is 0.317 e. The SMILES string of the molecule is CN(CC(=O)NC1CC1)C(=O)NC1COCC1(C)C(=O)O. The van der Waals surface area contributed by atoms with Crippen molar-refractivity contribution in [1.29, 1.82) is 0 Å². The highest BCUT2D eigenvalue weighted by Crippen LogP contribution is 2.28. The second kappa shape index (κ2) is 5.88. The van der Waals surface area contributed by atoms with Crippen LogP contribution in [-0.4, -0.2) is 66.8 Å². The highest BCUT2D eigenvalue weighted by molar-refractivity contribution is 5.85. The highest BCUT2D eigenvalue weighted by atomic mass is 16.5. The number of nitrogens with one attached hydrogen (secondary N) is 2. The summed E-state index contributed by atoms with van der Waals surface area (Å²) < 4.78 is 5.16. The van der Waals surface area contributed by atoms with Gasteiger partial charge in [0, 0.05) is 13.1 Å². The molecule has 3 N–H and O–H groups in total. The zero-order valence-electron chi connectivity index (χ0n) is 12.2. The molecule has 0 radical (unpaired) electrons. The van der Waals surface area contributed by atoms with Crippen molar-refractivity contribution < 1.29 is 24.2 Å². The number of aliphatic carboxylic acids is 1. The Bertz CT molecular complexity index is 451. The molecule has 2 fully saturated rings. The molecule has 21 heavy (non-hydrogen) atoms. The van der Waals surface area contributed by atoms with Crippen LogP contribution in [-0.2, 0) is 14.3 Å². The van der Waals surface area contributed by atoms with Crippen LogP contribution < -0.4 is 10.6 Å². The van der Waals surface area contributed by atoms with Crippen molar-refractivity contribution in [2.75, 3.05) is 26.8 Å². The Kier molecular flexibility index (Phi) is 4.36. The second-order valence-corrected chi connectivity index (χ2v) is 5.94. The molecule has 3 amide bonds. The van der Waals surface area contributed by atoms with Gasteiger partial charge < -0.3 is 25.4 Å². The molecule has 2 rings (SSSR count). The molecule has 1 heterocycles. The second-order valence-electron chi connectivity index (χ2n) is 5.94. The van der Waals surface area contributed by atoms with Crippen LogP contribution in [0.4, 0.5) is 4.79 Å². The molecule has 1 aliphatic heterocycles. The lowest BCUT2D eigenvalue weighted by Crippen LogP contribution is -2.53. The summed E-state index contributed by atoms with van der Waals surface area (Å²) in [4.78, 5) is 36.2. The zero-order valence-corrected chi connectivity index (χ0v) is 12.2. The average Bonchev–Trinajstić information content (AvgIpc) is 3.12. The van der Waals surface area contributed by atoms with E-state index in [1.54, 1.807) is 0 Å². The number of hydrogen-bond acceptors (Lipinski definition) is 4. The molecule has 0 spiro atoms. The number of rotatable bonds is 5. The van der Waals surface area contributed by atoms with Crippen molar-refractivity contribution in [2.45, 2.75) is 31.8 Å². The Morgan fingerprint density at radius 2 is 2.00 bits per heavy atom. The molecule has 0 aromatic rings. The van der Waals surface area contributed by atoms with Gasteiger partial charge in [0.15, 0.2) is 0 Å². The van der Waals surface area contributed by atoms with Crippen molar-refractivity contribution in [1.82, 2.24) is 15.5 Å². The van der Waals surface area contributed by atoms with Gasteiger partial charge in [-0.25, -0.2) is 4.79 Å². The predicted molar refractivity (Wildman–Crippen MR) is 72.7 cm³/mol. The molecule has 1 saturated heterocycles. The minimum Gasteiger partial charge on any atom is -0.481 e. The van der Waals surface area contributed by atoms with Crippen LogP contribution in [0.25, 0.3) is 0 Å². The fraction of sp³-hybridized carbons (Fsp3) is 0.769. The van der Waals surface area contributed by atoms with Crippen LogP contribution in [0.2, 0.25) is 0 Å². The van der Waals surface area contributed by atoms with Gasteiger partial charge in [-0.05, 0) is 19.8 Å². The van der Waals surface area contributed by atoms with Gasteiger partial charge in [0.2, 0.25) is 5.91 Å². The summed E-state index contributed by atoms with van der Waals surface area (Å²) in [5.74, 6) is -1.22. The normalized spacial score (nSPS) is 28.0. The lowest BCUT2D eigenvalue weighted by Gasteiger charge is -2.27. The molecular formula is C13H21N3O5. The van der Waals surface area contributed by atoms with Gasteiger partial charge in [0.1, 0.15) is 12.0 Å². The summed E-state index contributed by atoms with van der Waals surface area (Å²) in [5.41, 5.74) is -1.15. The van der Waals surface area contributed by atoms with E-state index >= 15 is 0 Å². The maximum absolute atomic E-state index is 12.0. The first kappa shape index (κ1) is 15.6. The number of urea groups is 1. The van der Waals surface area contributed by atoms with Crippen molar-refractivity contribution in [3.05, 3.63) is 0 Å². The highest BCUT2D eigenvalue weighted by Gasteiger charge is 2.47. The third-order valence-corrected chi connectivity index (χ3v) is 3.91. The predicted octanol–water partition coefficient (Wildman–Crippen LogP) is -0.604. The van der Waals surface area contributed by atoms with E-state index in [1.165, 1.54) is 18.9 Å². The maximum atomic E-state index is 12.0. The van der Waals surface area contributed by atoms with Gasteiger partial charge >= 0.3 is 12.0 Å². The van der Waals surface area contributed by atoms with E-state index in [1.807, 2.05) is 0 Å². The molecule has 8 heteroatoms. The lowest BCUT2D eigenvalue weighted by atomic mass is 9.85. The van der Waals surface area contributed by atoms with Crippen LogP contribution in [0.1, 0.15) is 19.8 Å². The molecule has 0 bridgehead atoms. The van der Waals surface area contributed by atoms with Crippen LogP contribution in [0.3, 0.4) is 0 Å². The molecule has 8 nitrogen and oxygen atoms in total. The summed E-state index contributed by atoms with van der Waals surface area (Å²) in [6.45, 7) is 1.68. The molecule has 2 unspecified atom stereocenters. The van der Waals surface area contributed by atoms with Gasteiger partial charge in [-0.15, -0.1) is 0 Å². The third kappa shape index (κ3) is 3.63. The van der Waals surface area contributed by atoms with Gasteiger partial charge in [-0.2, -0.15) is 0 Å². The molecule has 1 aliphatic carbocycles. The zero-order chi connectivity index (χ0) is 15.6. The fourth-order valence-electron chi connectivity index (χ4n) is 2.13. The number of carbonyl (C=O) groups is 3. The summed E-state index contributed by atoms with van der Waals surface area (Å²) in [6.07, 6.45) is 1.97. The van der Waals surface area contributed by atoms with Crippen LogP contribution in [0.15, 0.2) is 0 Å². The van der Waals surface area contributed by atoms with Crippen molar-refractivity contribution in [3.8, 4) is 0 Å². The maximum Gasteiger partial charge on any atom is 0.317 e. The Morgan fingerprint density at radius 3 is 2.57 bits per heavy atom.